The van der Waals surface area contributed by atoms with Gasteiger partial charge < -0.3 is 14.9 Å². The summed E-state index contributed by atoms with van der Waals surface area (Å²) in [6, 6.07) is 1.82. The van der Waals surface area contributed by atoms with Crippen molar-refractivity contribution in [3.05, 3.63) is 34.0 Å². The molecule has 2 aromatic heterocycles. The number of alkyl halides is 3. The van der Waals surface area contributed by atoms with Crippen molar-refractivity contribution in [3.8, 4) is 11.8 Å². The molecule has 150 valence electrons. The van der Waals surface area contributed by atoms with E-state index in [4.69, 9.17) is 16.3 Å². The zero-order valence-electron chi connectivity index (χ0n) is 15.1. The molecule has 0 bridgehead atoms. The third kappa shape index (κ3) is 4.98. The van der Waals surface area contributed by atoms with Gasteiger partial charge in [0, 0.05) is 24.2 Å². The van der Waals surface area contributed by atoms with Crippen molar-refractivity contribution in [2.45, 2.75) is 33.4 Å². The van der Waals surface area contributed by atoms with E-state index in [-0.39, 0.29) is 17.6 Å². The maximum Gasteiger partial charge on any atom is 0.419 e. The molecule has 2 rings (SSSR count). The van der Waals surface area contributed by atoms with Crippen molar-refractivity contribution < 1.29 is 28.1 Å². The van der Waals surface area contributed by atoms with Gasteiger partial charge in [0.2, 0.25) is 11.8 Å². The second-order valence-corrected chi connectivity index (χ2v) is 6.81. The predicted molar refractivity (Wildman–Crippen MR) is 95.1 cm³/mol. The molecule has 0 saturated heterocycles. The number of aromatic hydroxyl groups is 2. The Bertz CT molecular complexity index is 807. The van der Waals surface area contributed by atoms with Crippen molar-refractivity contribution in [2.24, 2.45) is 5.92 Å². The Kier molecular flexibility index (Phi) is 6.48. The molecule has 2 aromatic rings. The first-order valence-electron chi connectivity index (χ1n) is 8.23. The number of rotatable bonds is 7. The van der Waals surface area contributed by atoms with Gasteiger partial charge in [-0.05, 0) is 25.0 Å². The van der Waals surface area contributed by atoms with Gasteiger partial charge in [-0.1, -0.05) is 25.4 Å². The van der Waals surface area contributed by atoms with Gasteiger partial charge in [-0.15, -0.1) is 0 Å². The first-order chi connectivity index (χ1) is 12.5. The second-order valence-electron chi connectivity index (χ2n) is 6.45. The van der Waals surface area contributed by atoms with Crippen LogP contribution in [0.1, 0.15) is 30.5 Å². The van der Waals surface area contributed by atoms with E-state index in [0.717, 1.165) is 16.8 Å². The predicted octanol–water partition coefficient (Wildman–Crippen LogP) is 4.37. The molecular formula is C17H21ClF3N3O3. The van der Waals surface area contributed by atoms with E-state index in [9.17, 15) is 23.4 Å². The van der Waals surface area contributed by atoms with Crippen LogP contribution in [0.2, 0.25) is 5.15 Å². The molecule has 0 saturated carbocycles. The fourth-order valence-electron chi connectivity index (χ4n) is 2.43. The quantitative estimate of drug-likeness (QED) is 0.469. The Morgan fingerprint density at radius 3 is 2.48 bits per heavy atom. The molecule has 0 amide bonds. The van der Waals surface area contributed by atoms with Crippen molar-refractivity contribution in [1.82, 2.24) is 9.66 Å². The van der Waals surface area contributed by atoms with Crippen LogP contribution in [0.3, 0.4) is 0 Å². The average Bonchev–Trinajstić information content (AvgIpc) is 2.74. The third-order valence-electron chi connectivity index (χ3n) is 3.81. The van der Waals surface area contributed by atoms with E-state index >= 15 is 0 Å². The lowest BCUT2D eigenvalue weighted by atomic mass is 10.1. The number of halogens is 4. The number of nitrogens with zero attached hydrogens (tertiary/aromatic N) is 2. The lowest BCUT2D eigenvalue weighted by Gasteiger charge is -2.12. The summed E-state index contributed by atoms with van der Waals surface area (Å²) in [4.78, 5) is 3.62. The largest absolute Gasteiger partial charge is 0.493 e. The maximum atomic E-state index is 12.7. The second kappa shape index (κ2) is 8.26. The van der Waals surface area contributed by atoms with E-state index in [2.05, 4.69) is 10.4 Å². The van der Waals surface area contributed by atoms with Crippen molar-refractivity contribution in [1.29, 1.82) is 0 Å². The van der Waals surface area contributed by atoms with Crippen molar-refractivity contribution in [3.63, 3.8) is 0 Å². The first kappa shape index (κ1) is 21.2. The molecule has 2 heterocycles. The van der Waals surface area contributed by atoms with Gasteiger partial charge in [0.25, 0.3) is 0 Å². The van der Waals surface area contributed by atoms with Crippen molar-refractivity contribution in [2.75, 3.05) is 18.6 Å². The monoisotopic (exact) mass is 407 g/mol. The minimum absolute atomic E-state index is 0.0730. The number of aromatic nitrogens is 2. The summed E-state index contributed by atoms with van der Waals surface area (Å²) in [6.45, 7) is 6.55. The summed E-state index contributed by atoms with van der Waals surface area (Å²) in [6.07, 6.45) is -4.27. The summed E-state index contributed by atoms with van der Waals surface area (Å²) >= 11 is 5.58. The molecule has 6 nitrogen and oxygen atoms in total. The Balaban J connectivity index is 2.20. The number of hydrogen-bond acceptors (Lipinski definition) is 5. The third-order valence-corrected chi connectivity index (χ3v) is 4.10. The van der Waals surface area contributed by atoms with Gasteiger partial charge in [-0.2, -0.15) is 17.8 Å². The van der Waals surface area contributed by atoms with E-state index < -0.39 is 16.9 Å². The van der Waals surface area contributed by atoms with E-state index in [0.29, 0.717) is 36.7 Å². The number of hydrogen-bond donors (Lipinski definition) is 3. The van der Waals surface area contributed by atoms with Gasteiger partial charge in [0.15, 0.2) is 0 Å². The van der Waals surface area contributed by atoms with Gasteiger partial charge in [-0.25, -0.2) is 4.98 Å². The molecule has 0 aliphatic heterocycles. The maximum absolute atomic E-state index is 12.7. The summed E-state index contributed by atoms with van der Waals surface area (Å²) in [5.41, 5.74) is 2.35. The lowest BCUT2D eigenvalue weighted by molar-refractivity contribution is -0.137. The molecule has 0 unspecified atom stereocenters. The topological polar surface area (TPSA) is 79.5 Å². The first-order valence-corrected chi connectivity index (χ1v) is 8.60. The average molecular weight is 408 g/mol. The number of ether oxygens (including phenoxy) is 1. The van der Waals surface area contributed by atoms with E-state index in [1.165, 1.54) is 0 Å². The smallest absolute Gasteiger partial charge is 0.419 e. The minimum Gasteiger partial charge on any atom is -0.493 e. The van der Waals surface area contributed by atoms with Gasteiger partial charge in [0.05, 0.1) is 12.2 Å². The highest BCUT2D eigenvalue weighted by Gasteiger charge is 2.34. The SMILES string of the molecule is Cc1c(CCOCC(C)C)c(O)n(Nc2ccc(C(F)(F)F)c(Cl)n2)c1O. The Labute approximate surface area is 159 Å². The number of pyridine rings is 1. The minimum atomic E-state index is -4.62. The molecule has 0 fully saturated rings. The number of anilines is 1. The molecular weight excluding hydrogens is 387 g/mol. The van der Waals surface area contributed by atoms with E-state index in [1.54, 1.807) is 6.92 Å². The summed E-state index contributed by atoms with van der Waals surface area (Å²) in [5, 5.41) is 19.8. The van der Waals surface area contributed by atoms with Crippen LogP contribution in [0, 0.1) is 12.8 Å². The van der Waals surface area contributed by atoms with Crippen LogP contribution in [0.15, 0.2) is 12.1 Å². The van der Waals surface area contributed by atoms with Crippen LogP contribution in [0.4, 0.5) is 19.0 Å². The van der Waals surface area contributed by atoms with Gasteiger partial charge >= 0.3 is 6.18 Å². The normalized spacial score (nSPS) is 12.0. The Morgan fingerprint density at radius 1 is 1.26 bits per heavy atom. The number of nitrogens with one attached hydrogen (secondary N) is 1. The molecule has 10 heteroatoms. The van der Waals surface area contributed by atoms with Crippen LogP contribution >= 0.6 is 11.6 Å². The molecule has 27 heavy (non-hydrogen) atoms. The van der Waals surface area contributed by atoms with Gasteiger partial charge in [-0.3, -0.25) is 5.43 Å². The highest BCUT2D eigenvalue weighted by Crippen LogP contribution is 2.36. The molecule has 0 atom stereocenters. The molecule has 0 spiro atoms. The summed E-state index contributed by atoms with van der Waals surface area (Å²) in [7, 11) is 0. The van der Waals surface area contributed by atoms with Crippen LogP contribution < -0.4 is 5.43 Å². The van der Waals surface area contributed by atoms with Crippen molar-refractivity contribution >= 4 is 17.4 Å². The van der Waals surface area contributed by atoms with Crippen LogP contribution in [-0.4, -0.2) is 33.1 Å². The molecule has 0 aliphatic rings. The Hall–Kier alpha value is -2.13. The highest BCUT2D eigenvalue weighted by molar-refractivity contribution is 6.30. The Morgan fingerprint density at radius 2 is 1.93 bits per heavy atom. The molecule has 0 aromatic carbocycles. The molecule has 0 radical (unpaired) electrons. The zero-order valence-corrected chi connectivity index (χ0v) is 15.8. The van der Waals surface area contributed by atoms with Crippen LogP contribution in [-0.2, 0) is 17.3 Å². The standard InChI is InChI=1S/C17H21ClF3N3O3/c1-9(2)8-27-7-6-11-10(3)15(25)24(16(11)26)23-13-5-4-12(14(18)22-13)17(19,20)21/h4-5,9,25-26H,6-8H2,1-3H3,(H,22,23). The van der Waals surface area contributed by atoms with Crippen LogP contribution in [0.5, 0.6) is 11.8 Å². The van der Waals surface area contributed by atoms with E-state index in [1.807, 2.05) is 13.8 Å². The fourth-order valence-corrected chi connectivity index (χ4v) is 2.69. The fraction of sp³-hybridized carbons (Fsp3) is 0.471. The van der Waals surface area contributed by atoms with Crippen LogP contribution in [0.25, 0.3) is 0 Å². The summed E-state index contributed by atoms with van der Waals surface area (Å²) < 4.78 is 44.6. The van der Waals surface area contributed by atoms with Gasteiger partial charge in [0.1, 0.15) is 11.0 Å². The molecule has 3 N–H and O–H groups in total. The lowest BCUT2D eigenvalue weighted by Crippen LogP contribution is -2.12. The molecule has 0 aliphatic carbocycles. The highest BCUT2D eigenvalue weighted by atomic mass is 35.5. The summed E-state index contributed by atoms with van der Waals surface area (Å²) in [5.74, 6) is -0.272. The zero-order chi connectivity index (χ0) is 20.4.